The zero-order chi connectivity index (χ0) is 23.6. The van der Waals surface area contributed by atoms with Crippen LogP contribution in [0.5, 0.6) is 11.5 Å². The molecule has 0 atom stereocenters. The fourth-order valence-corrected chi connectivity index (χ4v) is 5.86. The predicted octanol–water partition coefficient (Wildman–Crippen LogP) is 1.71. The maximum atomic E-state index is 13.0. The molecule has 1 saturated heterocycles. The third kappa shape index (κ3) is 4.16. The summed E-state index contributed by atoms with van der Waals surface area (Å²) in [5, 5.41) is 2.85. The minimum atomic E-state index is -4.19. The summed E-state index contributed by atoms with van der Waals surface area (Å²) in [6.07, 6.45) is 1.45. The molecular formula is C23H26N2O7S. The van der Waals surface area contributed by atoms with Crippen LogP contribution in [0.3, 0.4) is 0 Å². The molecule has 0 radical (unpaired) electrons. The van der Waals surface area contributed by atoms with Crippen molar-refractivity contribution in [3.63, 3.8) is 0 Å². The molecule has 33 heavy (non-hydrogen) atoms. The molecule has 2 aromatic rings. The van der Waals surface area contributed by atoms with Gasteiger partial charge in [0.15, 0.2) is 11.5 Å². The summed E-state index contributed by atoms with van der Waals surface area (Å²) in [4.78, 5) is 25.5. The van der Waals surface area contributed by atoms with Crippen molar-refractivity contribution < 1.29 is 32.2 Å². The van der Waals surface area contributed by atoms with E-state index in [0.717, 1.165) is 18.4 Å². The summed E-state index contributed by atoms with van der Waals surface area (Å²) >= 11 is 0. The summed E-state index contributed by atoms with van der Waals surface area (Å²) in [6, 6.07) is 12.4. The predicted molar refractivity (Wildman–Crippen MR) is 119 cm³/mol. The zero-order valence-corrected chi connectivity index (χ0v) is 19.3. The van der Waals surface area contributed by atoms with E-state index in [1.54, 1.807) is 0 Å². The number of hydrogen-bond donors (Lipinski definition) is 1. The van der Waals surface area contributed by atoms with Crippen LogP contribution >= 0.6 is 0 Å². The number of hydrogen-bond acceptors (Lipinski definition) is 7. The Morgan fingerprint density at radius 3 is 2.36 bits per heavy atom. The average molecular weight is 475 g/mol. The minimum absolute atomic E-state index is 0.0503. The van der Waals surface area contributed by atoms with E-state index in [2.05, 4.69) is 5.32 Å². The number of carbonyl (C=O) groups is 2. The fourth-order valence-electron chi connectivity index (χ4n) is 4.34. The first-order chi connectivity index (χ1) is 15.8. The van der Waals surface area contributed by atoms with E-state index < -0.39 is 28.4 Å². The number of ether oxygens (including phenoxy) is 3. The molecule has 2 heterocycles. The average Bonchev–Trinajstić information content (AvgIpc) is 3.02. The van der Waals surface area contributed by atoms with Crippen LogP contribution in [0.2, 0.25) is 0 Å². The molecule has 0 unspecified atom stereocenters. The van der Waals surface area contributed by atoms with E-state index in [1.807, 2.05) is 30.3 Å². The molecule has 2 aromatic carbocycles. The maximum absolute atomic E-state index is 13.0. The van der Waals surface area contributed by atoms with Crippen molar-refractivity contribution in [2.24, 2.45) is 0 Å². The summed E-state index contributed by atoms with van der Waals surface area (Å²) in [6.45, 7) is 0.850. The normalized spacial score (nSPS) is 18.5. The Labute approximate surface area is 192 Å². The SMILES string of the molecule is COc1cc2c(cc1OC)S(=O)(=O)N(CC(=O)NCC1(c3ccccc3)CCOCC1)C2=O. The van der Waals surface area contributed by atoms with Crippen molar-refractivity contribution in [2.45, 2.75) is 23.2 Å². The number of carbonyl (C=O) groups excluding carboxylic acids is 2. The van der Waals surface area contributed by atoms with E-state index in [-0.39, 0.29) is 27.4 Å². The number of fused-ring (bicyclic) bond motifs is 1. The van der Waals surface area contributed by atoms with E-state index in [9.17, 15) is 18.0 Å². The summed E-state index contributed by atoms with van der Waals surface area (Å²) in [5.74, 6) is -0.913. The van der Waals surface area contributed by atoms with Gasteiger partial charge in [-0.3, -0.25) is 9.59 Å². The molecule has 2 amide bonds. The highest BCUT2D eigenvalue weighted by Gasteiger charge is 2.43. The first-order valence-electron chi connectivity index (χ1n) is 10.6. The van der Waals surface area contributed by atoms with Gasteiger partial charge in [0.05, 0.1) is 19.8 Å². The highest BCUT2D eigenvalue weighted by Crippen LogP contribution is 2.39. The molecule has 10 heteroatoms. The molecule has 9 nitrogen and oxygen atoms in total. The van der Waals surface area contributed by atoms with Crippen LogP contribution in [0.4, 0.5) is 0 Å². The zero-order valence-electron chi connectivity index (χ0n) is 18.5. The van der Waals surface area contributed by atoms with Crippen LogP contribution < -0.4 is 14.8 Å². The molecule has 2 aliphatic heterocycles. The Bertz CT molecular complexity index is 1160. The monoisotopic (exact) mass is 474 g/mol. The molecule has 176 valence electrons. The molecule has 0 aromatic heterocycles. The minimum Gasteiger partial charge on any atom is -0.493 e. The molecule has 1 N–H and O–H groups in total. The van der Waals surface area contributed by atoms with Gasteiger partial charge in [0.1, 0.15) is 11.4 Å². The third-order valence-corrected chi connectivity index (χ3v) is 8.03. The van der Waals surface area contributed by atoms with Crippen LogP contribution in [0, 0.1) is 0 Å². The number of nitrogens with zero attached hydrogens (tertiary/aromatic N) is 1. The van der Waals surface area contributed by atoms with Gasteiger partial charge in [0.25, 0.3) is 15.9 Å². The third-order valence-electron chi connectivity index (χ3n) is 6.26. The Balaban J connectivity index is 1.52. The van der Waals surface area contributed by atoms with Crippen molar-refractivity contribution in [1.29, 1.82) is 0 Å². The van der Waals surface area contributed by atoms with Crippen molar-refractivity contribution in [1.82, 2.24) is 9.62 Å². The quantitative estimate of drug-likeness (QED) is 0.650. The fraction of sp³-hybridized carbons (Fsp3) is 0.391. The van der Waals surface area contributed by atoms with Crippen LogP contribution in [0.25, 0.3) is 0 Å². The van der Waals surface area contributed by atoms with Crippen molar-refractivity contribution in [2.75, 3.05) is 40.5 Å². The Hall–Kier alpha value is -3.11. The van der Waals surface area contributed by atoms with Gasteiger partial charge in [-0.05, 0) is 24.5 Å². The number of rotatable bonds is 7. The van der Waals surface area contributed by atoms with Gasteiger partial charge in [-0.25, -0.2) is 12.7 Å². The van der Waals surface area contributed by atoms with Crippen LogP contribution in [0.1, 0.15) is 28.8 Å². The van der Waals surface area contributed by atoms with Gasteiger partial charge in [0, 0.05) is 31.2 Å². The molecular weight excluding hydrogens is 448 g/mol. The van der Waals surface area contributed by atoms with E-state index in [4.69, 9.17) is 14.2 Å². The smallest absolute Gasteiger partial charge is 0.269 e. The Morgan fingerprint density at radius 1 is 1.09 bits per heavy atom. The van der Waals surface area contributed by atoms with Gasteiger partial charge >= 0.3 is 0 Å². The second-order valence-electron chi connectivity index (χ2n) is 8.06. The van der Waals surface area contributed by atoms with Crippen molar-refractivity contribution in [3.8, 4) is 11.5 Å². The lowest BCUT2D eigenvalue weighted by molar-refractivity contribution is -0.121. The van der Waals surface area contributed by atoms with E-state index in [0.29, 0.717) is 24.1 Å². The number of sulfonamides is 1. The Kier molecular flexibility index (Phi) is 6.31. The van der Waals surface area contributed by atoms with Crippen LogP contribution in [-0.2, 0) is 25.0 Å². The summed E-state index contributed by atoms with van der Waals surface area (Å²) < 4.78 is 42.4. The van der Waals surface area contributed by atoms with Gasteiger partial charge in [0.2, 0.25) is 5.91 Å². The summed E-state index contributed by atoms with van der Waals surface area (Å²) in [7, 11) is -1.43. The highest BCUT2D eigenvalue weighted by molar-refractivity contribution is 7.90. The number of methoxy groups -OCH3 is 2. The van der Waals surface area contributed by atoms with Gasteiger partial charge in [-0.15, -0.1) is 0 Å². The second-order valence-corrected chi connectivity index (χ2v) is 9.89. The molecule has 0 saturated carbocycles. The lowest BCUT2D eigenvalue weighted by Crippen LogP contribution is -2.47. The van der Waals surface area contributed by atoms with E-state index >= 15 is 0 Å². The first-order valence-corrected chi connectivity index (χ1v) is 12.0. The molecule has 2 aliphatic rings. The maximum Gasteiger partial charge on any atom is 0.269 e. The lowest BCUT2D eigenvalue weighted by atomic mass is 9.74. The van der Waals surface area contributed by atoms with Gasteiger partial charge in [-0.2, -0.15) is 0 Å². The van der Waals surface area contributed by atoms with Crippen molar-refractivity contribution >= 4 is 21.8 Å². The summed E-state index contributed by atoms with van der Waals surface area (Å²) in [5.41, 5.74) is 0.725. The Morgan fingerprint density at radius 2 is 1.73 bits per heavy atom. The molecule has 4 rings (SSSR count). The van der Waals surface area contributed by atoms with Crippen LogP contribution in [-0.4, -0.2) is 65.1 Å². The highest BCUT2D eigenvalue weighted by atomic mass is 32.2. The topological polar surface area (TPSA) is 111 Å². The lowest BCUT2D eigenvalue weighted by Gasteiger charge is -2.38. The van der Waals surface area contributed by atoms with Crippen LogP contribution in [0.15, 0.2) is 47.4 Å². The standard InChI is InChI=1S/C23H26N2O7S/c1-30-18-12-17-20(13-19(18)31-2)33(28,29)25(22(17)27)14-21(26)24-15-23(8-10-32-11-9-23)16-6-4-3-5-7-16/h3-7,12-13H,8-11,14-15H2,1-2H3,(H,24,26). The van der Waals surface area contributed by atoms with Crippen molar-refractivity contribution in [3.05, 3.63) is 53.6 Å². The molecule has 1 fully saturated rings. The van der Waals surface area contributed by atoms with Gasteiger partial charge < -0.3 is 19.5 Å². The first kappa shape index (κ1) is 23.1. The molecule has 0 spiro atoms. The second kappa shape index (κ2) is 9.03. The molecule has 0 aliphatic carbocycles. The number of amides is 2. The van der Waals surface area contributed by atoms with E-state index in [1.165, 1.54) is 26.4 Å². The largest absolute Gasteiger partial charge is 0.493 e. The number of benzene rings is 2. The number of nitrogens with one attached hydrogen (secondary N) is 1. The molecule has 0 bridgehead atoms. The van der Waals surface area contributed by atoms with Gasteiger partial charge in [-0.1, -0.05) is 30.3 Å².